The smallest absolute Gasteiger partial charge is 0.335 e. The van der Waals surface area contributed by atoms with Gasteiger partial charge in [-0.2, -0.15) is 5.10 Å². The molecule has 5 heteroatoms. The third-order valence-electron chi connectivity index (χ3n) is 1.86. The number of fused-ring (bicyclic) bond motifs is 1. The number of carboxylic acid groups (broad SMARTS) is 1. The van der Waals surface area contributed by atoms with Gasteiger partial charge >= 0.3 is 5.97 Å². The van der Waals surface area contributed by atoms with Crippen molar-refractivity contribution < 1.29 is 9.90 Å². The molecule has 1 heterocycles. The molecule has 0 unspecified atom stereocenters. The van der Waals surface area contributed by atoms with Crippen molar-refractivity contribution in [1.82, 2.24) is 10.2 Å². The second-order valence-electron chi connectivity index (χ2n) is 2.74. The number of halogens is 1. The van der Waals surface area contributed by atoms with Gasteiger partial charge in [0.15, 0.2) is 5.15 Å². The molecule has 0 amide bonds. The highest BCUT2D eigenvalue weighted by Crippen LogP contribution is 2.20. The number of nitrogens with zero attached hydrogens (tertiary/aromatic N) is 2. The van der Waals surface area contributed by atoms with Crippen molar-refractivity contribution in [2.45, 2.75) is 0 Å². The average Bonchev–Trinajstić information content (AvgIpc) is 2.18. The molecule has 2 rings (SSSR count). The Labute approximate surface area is 84.1 Å². The highest BCUT2D eigenvalue weighted by Gasteiger charge is 2.06. The van der Waals surface area contributed by atoms with Gasteiger partial charge in [-0.25, -0.2) is 4.79 Å². The normalized spacial score (nSPS) is 10.4. The summed E-state index contributed by atoms with van der Waals surface area (Å²) < 4.78 is 0. The molecule has 4 nitrogen and oxygen atoms in total. The van der Waals surface area contributed by atoms with Crippen molar-refractivity contribution in [2.75, 3.05) is 0 Å². The van der Waals surface area contributed by atoms with Gasteiger partial charge < -0.3 is 5.11 Å². The molecule has 0 bridgehead atoms. The molecule has 0 aliphatic carbocycles. The van der Waals surface area contributed by atoms with Crippen molar-refractivity contribution >= 4 is 28.3 Å². The summed E-state index contributed by atoms with van der Waals surface area (Å²) in [6.45, 7) is 0. The number of hydrogen-bond acceptors (Lipinski definition) is 3. The van der Waals surface area contributed by atoms with Crippen molar-refractivity contribution in [3.8, 4) is 0 Å². The molecule has 0 radical (unpaired) electrons. The molecular formula is C9H5ClN2O2. The Balaban J connectivity index is 2.76. The van der Waals surface area contributed by atoms with Crippen LogP contribution in [0.1, 0.15) is 10.4 Å². The zero-order valence-electron chi connectivity index (χ0n) is 6.94. The van der Waals surface area contributed by atoms with Crippen LogP contribution in [0, 0.1) is 0 Å². The zero-order chi connectivity index (χ0) is 10.1. The molecular weight excluding hydrogens is 204 g/mol. The molecule has 1 aromatic heterocycles. The topological polar surface area (TPSA) is 63.1 Å². The van der Waals surface area contributed by atoms with Crippen LogP contribution in [0.15, 0.2) is 24.4 Å². The molecule has 0 spiro atoms. The number of hydrogen-bond donors (Lipinski definition) is 1. The second-order valence-corrected chi connectivity index (χ2v) is 3.10. The molecule has 0 aliphatic heterocycles. The predicted molar refractivity (Wildman–Crippen MR) is 51.5 cm³/mol. The van der Waals surface area contributed by atoms with Gasteiger partial charge in [-0.3, -0.25) is 0 Å². The maximum Gasteiger partial charge on any atom is 0.335 e. The first-order valence-electron chi connectivity index (χ1n) is 3.83. The summed E-state index contributed by atoms with van der Waals surface area (Å²) in [7, 11) is 0. The summed E-state index contributed by atoms with van der Waals surface area (Å²) in [5.41, 5.74) is 0.187. The summed E-state index contributed by atoms with van der Waals surface area (Å²) >= 11 is 5.77. The highest BCUT2D eigenvalue weighted by atomic mass is 35.5. The fraction of sp³-hybridized carbons (Fsp3) is 0. The zero-order valence-corrected chi connectivity index (χ0v) is 7.69. The van der Waals surface area contributed by atoms with Crippen LogP contribution in [0.5, 0.6) is 0 Å². The Morgan fingerprint density at radius 2 is 2.21 bits per heavy atom. The number of aromatic carboxylic acids is 1. The number of benzene rings is 1. The van der Waals surface area contributed by atoms with Gasteiger partial charge in [0.25, 0.3) is 0 Å². The first-order chi connectivity index (χ1) is 6.68. The molecule has 2 aromatic rings. The lowest BCUT2D eigenvalue weighted by Crippen LogP contribution is -1.96. The largest absolute Gasteiger partial charge is 0.478 e. The average molecular weight is 209 g/mol. The first-order valence-corrected chi connectivity index (χ1v) is 4.20. The summed E-state index contributed by atoms with van der Waals surface area (Å²) in [6.07, 6.45) is 1.53. The van der Waals surface area contributed by atoms with Crippen molar-refractivity contribution in [2.24, 2.45) is 0 Å². The molecule has 0 aliphatic rings. The third-order valence-corrected chi connectivity index (χ3v) is 2.14. The Hall–Kier alpha value is -1.68. The lowest BCUT2D eigenvalue weighted by atomic mass is 10.1. The lowest BCUT2D eigenvalue weighted by molar-refractivity contribution is 0.0697. The predicted octanol–water partition coefficient (Wildman–Crippen LogP) is 1.98. The summed E-state index contributed by atoms with van der Waals surface area (Å²) in [5.74, 6) is -0.986. The van der Waals surface area contributed by atoms with Crippen LogP contribution >= 0.6 is 11.6 Å². The number of aromatic nitrogens is 2. The van der Waals surface area contributed by atoms with Crippen LogP contribution in [-0.2, 0) is 0 Å². The number of carboxylic acids is 1. The van der Waals surface area contributed by atoms with Crippen LogP contribution in [0.4, 0.5) is 0 Å². The maximum absolute atomic E-state index is 10.7. The van der Waals surface area contributed by atoms with Gasteiger partial charge in [0.2, 0.25) is 0 Å². The van der Waals surface area contributed by atoms with Crippen LogP contribution < -0.4 is 0 Å². The Morgan fingerprint density at radius 1 is 1.43 bits per heavy atom. The highest BCUT2D eigenvalue weighted by molar-refractivity contribution is 6.34. The molecule has 0 fully saturated rings. The fourth-order valence-electron chi connectivity index (χ4n) is 1.18. The monoisotopic (exact) mass is 208 g/mol. The molecule has 70 valence electrons. The van der Waals surface area contributed by atoms with Crippen LogP contribution in [0.2, 0.25) is 5.15 Å². The number of carbonyl (C=O) groups is 1. The summed E-state index contributed by atoms with van der Waals surface area (Å²) in [4.78, 5) is 10.7. The van der Waals surface area contributed by atoms with E-state index in [1.165, 1.54) is 18.3 Å². The van der Waals surface area contributed by atoms with Crippen molar-refractivity contribution in [1.29, 1.82) is 0 Å². The maximum atomic E-state index is 10.7. The molecule has 1 N–H and O–H groups in total. The van der Waals surface area contributed by atoms with E-state index in [0.717, 1.165) is 5.39 Å². The molecule has 14 heavy (non-hydrogen) atoms. The molecule has 0 saturated heterocycles. The van der Waals surface area contributed by atoms with Crippen molar-refractivity contribution in [3.63, 3.8) is 0 Å². The number of rotatable bonds is 1. The third kappa shape index (κ3) is 1.40. The minimum Gasteiger partial charge on any atom is -0.478 e. The molecule has 1 aromatic carbocycles. The van der Waals surface area contributed by atoms with Gasteiger partial charge in [0, 0.05) is 10.8 Å². The SMILES string of the molecule is O=C(O)c1ccc2cnnc(Cl)c2c1. The van der Waals surface area contributed by atoms with E-state index in [1.54, 1.807) is 6.07 Å². The van der Waals surface area contributed by atoms with Gasteiger partial charge in [0.1, 0.15) is 0 Å². The van der Waals surface area contributed by atoms with Gasteiger partial charge in [-0.1, -0.05) is 17.7 Å². The molecule has 0 atom stereocenters. The van der Waals surface area contributed by atoms with E-state index in [0.29, 0.717) is 5.39 Å². The quantitative estimate of drug-likeness (QED) is 0.779. The minimum atomic E-state index is -0.986. The fourth-order valence-corrected chi connectivity index (χ4v) is 1.38. The van der Waals surface area contributed by atoms with E-state index in [4.69, 9.17) is 16.7 Å². The van der Waals surface area contributed by atoms with E-state index in [-0.39, 0.29) is 10.7 Å². The van der Waals surface area contributed by atoms with E-state index in [2.05, 4.69) is 10.2 Å². The van der Waals surface area contributed by atoms with Gasteiger partial charge in [-0.05, 0) is 12.1 Å². The van der Waals surface area contributed by atoms with Gasteiger partial charge in [-0.15, -0.1) is 5.10 Å². The second kappa shape index (κ2) is 3.23. The summed E-state index contributed by atoms with van der Waals surface area (Å²) in [5, 5.41) is 17.6. The van der Waals surface area contributed by atoms with Crippen LogP contribution in [0.3, 0.4) is 0 Å². The van der Waals surface area contributed by atoms with Crippen molar-refractivity contribution in [3.05, 3.63) is 35.1 Å². The Bertz CT molecular complexity index is 513. The van der Waals surface area contributed by atoms with E-state index in [1.807, 2.05) is 0 Å². The summed E-state index contributed by atoms with van der Waals surface area (Å²) in [6, 6.07) is 4.64. The first kappa shape index (κ1) is 8.90. The molecule has 0 saturated carbocycles. The Kier molecular flexibility index (Phi) is 2.05. The standard InChI is InChI=1S/C9H5ClN2O2/c10-8-7-3-5(9(13)14)1-2-6(7)4-11-12-8/h1-4H,(H,13,14). The lowest BCUT2D eigenvalue weighted by Gasteiger charge is -1.99. The minimum absolute atomic E-state index is 0.187. The van der Waals surface area contributed by atoms with E-state index >= 15 is 0 Å². The Morgan fingerprint density at radius 3 is 2.93 bits per heavy atom. The van der Waals surface area contributed by atoms with E-state index in [9.17, 15) is 4.79 Å². The van der Waals surface area contributed by atoms with Crippen LogP contribution in [0.25, 0.3) is 10.8 Å². The van der Waals surface area contributed by atoms with Crippen LogP contribution in [-0.4, -0.2) is 21.3 Å². The van der Waals surface area contributed by atoms with Gasteiger partial charge in [0.05, 0.1) is 11.8 Å². The van der Waals surface area contributed by atoms with E-state index < -0.39 is 5.97 Å².